The highest BCUT2D eigenvalue weighted by molar-refractivity contribution is 5.69. The SMILES string of the molecule is CCC(CCCCCCCCCCCCCCCCCC(=O)OCO)(CCCCCCCCCCCCCCCCCC(=O)OCO)CCCCCCCCCCCCCCCCCC(=O)OCO. The van der Waals surface area contributed by atoms with Crippen LogP contribution in [0.25, 0.3) is 0 Å². The number of ether oxygens (including phenoxy) is 3. The monoisotopic (exact) mass is 981 g/mol. The van der Waals surface area contributed by atoms with Gasteiger partial charge in [0, 0.05) is 19.3 Å². The summed E-state index contributed by atoms with van der Waals surface area (Å²) in [5.74, 6) is -0.856. The fourth-order valence-corrected chi connectivity index (χ4v) is 10.5. The van der Waals surface area contributed by atoms with Crippen LogP contribution in [0.15, 0.2) is 0 Å². The first kappa shape index (κ1) is 67.3. The van der Waals surface area contributed by atoms with E-state index in [1.54, 1.807) is 0 Å². The maximum Gasteiger partial charge on any atom is 0.307 e. The quantitative estimate of drug-likeness (QED) is 0.0235. The van der Waals surface area contributed by atoms with E-state index in [1.807, 2.05) is 0 Å². The Kier molecular flexibility index (Phi) is 54.2. The molecule has 410 valence electrons. The molecule has 0 aliphatic rings. The van der Waals surface area contributed by atoms with Crippen molar-refractivity contribution in [3.8, 4) is 0 Å². The molecule has 0 bridgehead atoms. The number of rotatable bonds is 58. The molecule has 0 saturated carbocycles. The Morgan fingerprint density at radius 3 is 0.551 bits per heavy atom. The van der Waals surface area contributed by atoms with Crippen LogP contribution >= 0.6 is 0 Å². The first-order valence-corrected chi connectivity index (χ1v) is 30.2. The van der Waals surface area contributed by atoms with E-state index in [2.05, 4.69) is 21.1 Å². The molecule has 0 radical (unpaired) electrons. The first-order chi connectivity index (χ1) is 33.9. The molecule has 0 unspecified atom stereocenters. The molecule has 0 spiro atoms. The molecule has 0 aromatic rings. The van der Waals surface area contributed by atoms with Crippen molar-refractivity contribution in [1.82, 2.24) is 0 Å². The molecule has 9 nitrogen and oxygen atoms in total. The van der Waals surface area contributed by atoms with Gasteiger partial charge in [0.2, 0.25) is 0 Å². The molecule has 0 aromatic heterocycles. The van der Waals surface area contributed by atoms with Crippen molar-refractivity contribution in [2.24, 2.45) is 5.41 Å². The van der Waals surface area contributed by atoms with Crippen LogP contribution in [0.3, 0.4) is 0 Å². The predicted octanol–water partition coefficient (Wildman–Crippen LogP) is 17.8. The second-order valence-electron chi connectivity index (χ2n) is 21.2. The van der Waals surface area contributed by atoms with E-state index in [4.69, 9.17) is 15.3 Å². The fraction of sp³-hybridized carbons (Fsp3) is 0.950. The lowest BCUT2D eigenvalue weighted by Crippen LogP contribution is -2.20. The van der Waals surface area contributed by atoms with E-state index in [9.17, 15) is 14.4 Å². The molecular formula is C60H116O9. The molecule has 0 aliphatic heterocycles. The smallest absolute Gasteiger partial charge is 0.307 e. The van der Waals surface area contributed by atoms with Crippen molar-refractivity contribution in [2.75, 3.05) is 20.4 Å². The summed E-state index contributed by atoms with van der Waals surface area (Å²) < 4.78 is 13.7. The van der Waals surface area contributed by atoms with Gasteiger partial charge in [-0.3, -0.25) is 14.4 Å². The van der Waals surface area contributed by atoms with Crippen LogP contribution in [-0.2, 0) is 28.6 Å². The minimum atomic E-state index is -0.502. The number of aliphatic hydroxyl groups excluding tert-OH is 3. The van der Waals surface area contributed by atoms with E-state index >= 15 is 0 Å². The van der Waals surface area contributed by atoms with Crippen LogP contribution in [0, 0.1) is 5.41 Å². The van der Waals surface area contributed by atoms with Crippen LogP contribution in [-0.4, -0.2) is 53.6 Å². The van der Waals surface area contributed by atoms with Gasteiger partial charge in [-0.1, -0.05) is 283 Å². The van der Waals surface area contributed by atoms with Crippen molar-refractivity contribution < 1.29 is 43.9 Å². The molecule has 0 aliphatic carbocycles. The van der Waals surface area contributed by atoms with Crippen LogP contribution in [0.4, 0.5) is 0 Å². The molecule has 0 fully saturated rings. The maximum atomic E-state index is 11.3. The number of esters is 3. The summed E-state index contributed by atoms with van der Waals surface area (Å²) in [6.07, 6.45) is 66.0. The minimum Gasteiger partial charge on any atom is -0.439 e. The van der Waals surface area contributed by atoms with E-state index in [0.717, 1.165) is 38.5 Å². The lowest BCUT2D eigenvalue weighted by atomic mass is 9.72. The second-order valence-corrected chi connectivity index (χ2v) is 21.2. The van der Waals surface area contributed by atoms with E-state index in [-0.39, 0.29) is 17.9 Å². The Hall–Kier alpha value is -1.71. The summed E-state index contributed by atoms with van der Waals surface area (Å²) in [6.45, 7) is 0.998. The Morgan fingerprint density at radius 2 is 0.406 bits per heavy atom. The Balaban J connectivity index is 4.24. The van der Waals surface area contributed by atoms with Crippen molar-refractivity contribution in [3.63, 3.8) is 0 Å². The third-order valence-corrected chi connectivity index (χ3v) is 15.2. The number of hydrogen-bond acceptors (Lipinski definition) is 9. The standard InChI is InChI=1S/C60H116O9/c1-2-60(51-45-39-33-27-21-15-9-3-6-12-18-24-30-36-42-48-57(64)67-54-61,52-46-40-34-28-22-16-10-4-7-13-19-25-31-37-43-49-58(65)68-55-62)53-47-41-35-29-23-17-11-5-8-14-20-26-32-38-44-50-59(66)69-56-63/h61-63H,2-56H2,1H3. The van der Waals surface area contributed by atoms with Crippen molar-refractivity contribution in [2.45, 2.75) is 341 Å². The zero-order chi connectivity index (χ0) is 50.2. The highest BCUT2D eigenvalue weighted by Gasteiger charge is 2.26. The Bertz CT molecular complexity index is 941. The summed E-state index contributed by atoms with van der Waals surface area (Å²) in [6, 6.07) is 0. The van der Waals surface area contributed by atoms with Gasteiger partial charge >= 0.3 is 17.9 Å². The van der Waals surface area contributed by atoms with E-state index < -0.39 is 20.4 Å². The van der Waals surface area contributed by atoms with Gasteiger partial charge in [-0.2, -0.15) is 0 Å². The van der Waals surface area contributed by atoms with Gasteiger partial charge in [0.05, 0.1) is 0 Å². The maximum absolute atomic E-state index is 11.3. The number of hydrogen-bond donors (Lipinski definition) is 3. The topological polar surface area (TPSA) is 140 Å². The third-order valence-electron chi connectivity index (χ3n) is 15.2. The highest BCUT2D eigenvalue weighted by atomic mass is 16.6. The minimum absolute atomic E-state index is 0.285. The van der Waals surface area contributed by atoms with Crippen molar-refractivity contribution >= 4 is 17.9 Å². The number of carbonyl (C=O) groups excluding carboxylic acids is 3. The van der Waals surface area contributed by atoms with Gasteiger partial charge in [-0.25, -0.2) is 0 Å². The molecule has 0 atom stereocenters. The highest BCUT2D eigenvalue weighted by Crippen LogP contribution is 2.40. The molecular weight excluding hydrogens is 865 g/mol. The van der Waals surface area contributed by atoms with Gasteiger partial charge < -0.3 is 29.5 Å². The average Bonchev–Trinajstić information content (AvgIpc) is 3.34. The van der Waals surface area contributed by atoms with Crippen LogP contribution < -0.4 is 0 Å². The fourth-order valence-electron chi connectivity index (χ4n) is 10.5. The Labute approximate surface area is 426 Å². The van der Waals surface area contributed by atoms with Crippen LogP contribution in [0.2, 0.25) is 0 Å². The largest absolute Gasteiger partial charge is 0.439 e. The zero-order valence-electron chi connectivity index (χ0n) is 45.7. The number of carbonyl (C=O) groups is 3. The van der Waals surface area contributed by atoms with Crippen LogP contribution in [0.5, 0.6) is 0 Å². The van der Waals surface area contributed by atoms with Gasteiger partial charge in [0.25, 0.3) is 0 Å². The van der Waals surface area contributed by atoms with Crippen LogP contribution in [0.1, 0.15) is 341 Å². The summed E-state index contributed by atoms with van der Waals surface area (Å²) in [4.78, 5) is 33.9. The average molecular weight is 982 g/mol. The van der Waals surface area contributed by atoms with Crippen molar-refractivity contribution in [3.05, 3.63) is 0 Å². The van der Waals surface area contributed by atoms with Gasteiger partial charge in [-0.05, 0) is 43.9 Å². The zero-order valence-corrected chi connectivity index (χ0v) is 45.7. The van der Waals surface area contributed by atoms with E-state index in [0.29, 0.717) is 24.7 Å². The Morgan fingerprint density at radius 1 is 0.261 bits per heavy atom. The third kappa shape index (κ3) is 51.0. The normalized spacial score (nSPS) is 11.7. The molecule has 0 saturated heterocycles. The summed E-state index contributed by atoms with van der Waals surface area (Å²) in [5, 5.41) is 25.9. The number of aliphatic hydroxyl groups is 3. The predicted molar refractivity (Wildman–Crippen MR) is 288 cm³/mol. The molecule has 3 N–H and O–H groups in total. The lowest BCUT2D eigenvalue weighted by Gasteiger charge is -2.34. The molecule has 0 aromatic carbocycles. The van der Waals surface area contributed by atoms with Gasteiger partial charge in [0.15, 0.2) is 20.4 Å². The molecule has 0 rings (SSSR count). The summed E-state index contributed by atoms with van der Waals surface area (Å²) in [7, 11) is 0. The summed E-state index contributed by atoms with van der Waals surface area (Å²) in [5.41, 5.74) is 0.566. The lowest BCUT2D eigenvalue weighted by molar-refractivity contribution is -0.152. The van der Waals surface area contributed by atoms with E-state index in [1.165, 1.54) is 276 Å². The molecule has 0 amide bonds. The molecule has 9 heteroatoms. The van der Waals surface area contributed by atoms with Gasteiger partial charge in [0.1, 0.15) is 0 Å². The number of unbranched alkanes of at least 4 members (excludes halogenated alkanes) is 42. The second kappa shape index (κ2) is 55.6. The van der Waals surface area contributed by atoms with Gasteiger partial charge in [-0.15, -0.1) is 0 Å². The molecule has 69 heavy (non-hydrogen) atoms. The molecule has 0 heterocycles. The van der Waals surface area contributed by atoms with Crippen molar-refractivity contribution in [1.29, 1.82) is 0 Å². The summed E-state index contributed by atoms with van der Waals surface area (Å²) >= 11 is 0. The first-order valence-electron chi connectivity index (χ1n) is 30.2.